The molecule has 4 heteroatoms. The van der Waals surface area contributed by atoms with Crippen LogP contribution in [0.25, 0.3) is 0 Å². The van der Waals surface area contributed by atoms with Crippen molar-refractivity contribution in [2.75, 3.05) is 11.9 Å². The number of nitrogens with one attached hydrogen (secondary N) is 1. The first kappa shape index (κ1) is 19.9. The molecule has 3 aromatic rings. The Hall–Kier alpha value is -3.40. The van der Waals surface area contributed by atoms with Crippen LogP contribution in [0.5, 0.6) is 0 Å². The first-order valence-electron chi connectivity index (χ1n) is 10.4. The van der Waals surface area contributed by atoms with Crippen LogP contribution in [0, 0.1) is 0 Å². The Morgan fingerprint density at radius 1 is 0.867 bits per heavy atom. The van der Waals surface area contributed by atoms with Gasteiger partial charge in [0.2, 0.25) is 0 Å². The second-order valence-electron chi connectivity index (χ2n) is 8.06. The van der Waals surface area contributed by atoms with Gasteiger partial charge in [-0.25, -0.2) is 0 Å². The predicted molar refractivity (Wildman–Crippen MR) is 120 cm³/mol. The Bertz CT molecular complexity index is 1070. The van der Waals surface area contributed by atoms with Crippen molar-refractivity contribution < 1.29 is 9.59 Å². The molecule has 1 N–H and O–H groups in total. The van der Waals surface area contributed by atoms with Crippen LogP contribution < -0.4 is 5.32 Å². The minimum atomic E-state index is -0.217. The molecule has 4 nitrogen and oxygen atoms in total. The van der Waals surface area contributed by atoms with E-state index in [9.17, 15) is 9.59 Å². The Morgan fingerprint density at radius 3 is 2.30 bits per heavy atom. The van der Waals surface area contributed by atoms with E-state index in [-0.39, 0.29) is 11.8 Å². The third-order valence-electron chi connectivity index (χ3n) is 5.62. The van der Waals surface area contributed by atoms with Gasteiger partial charge in [-0.05, 0) is 59.4 Å². The zero-order valence-corrected chi connectivity index (χ0v) is 17.4. The van der Waals surface area contributed by atoms with Crippen LogP contribution in [-0.2, 0) is 13.0 Å². The fraction of sp³-hybridized carbons (Fsp3) is 0.231. The van der Waals surface area contributed by atoms with Crippen molar-refractivity contribution in [2.45, 2.75) is 32.7 Å². The molecule has 1 aliphatic rings. The molecular formula is C26H26N2O2. The normalized spacial score (nSPS) is 13.1. The summed E-state index contributed by atoms with van der Waals surface area (Å²) in [5.41, 5.74) is 5.48. The number of fused-ring (bicyclic) bond motifs is 1. The number of amides is 2. The highest BCUT2D eigenvalue weighted by Gasteiger charge is 2.22. The summed E-state index contributed by atoms with van der Waals surface area (Å²) < 4.78 is 0. The van der Waals surface area contributed by atoms with E-state index in [4.69, 9.17) is 0 Å². The smallest absolute Gasteiger partial charge is 0.255 e. The average molecular weight is 399 g/mol. The number of hydrogen-bond acceptors (Lipinski definition) is 2. The minimum Gasteiger partial charge on any atom is -0.334 e. The Morgan fingerprint density at radius 2 is 1.57 bits per heavy atom. The molecule has 0 atom stereocenters. The lowest BCUT2D eigenvalue weighted by Gasteiger charge is -2.29. The van der Waals surface area contributed by atoms with Crippen molar-refractivity contribution in [3.8, 4) is 0 Å². The lowest BCUT2D eigenvalue weighted by atomic mass is 9.99. The van der Waals surface area contributed by atoms with E-state index in [0.717, 1.165) is 12.1 Å². The third kappa shape index (κ3) is 4.28. The minimum absolute atomic E-state index is 0.0413. The van der Waals surface area contributed by atoms with Gasteiger partial charge in [0.25, 0.3) is 11.8 Å². The number of carbonyl (C=O) groups excluding carboxylic acids is 2. The van der Waals surface area contributed by atoms with Crippen LogP contribution in [0.1, 0.15) is 57.2 Å². The topological polar surface area (TPSA) is 49.4 Å². The molecule has 0 spiro atoms. The maximum atomic E-state index is 13.0. The fourth-order valence-electron chi connectivity index (χ4n) is 3.80. The van der Waals surface area contributed by atoms with E-state index in [1.165, 1.54) is 16.7 Å². The average Bonchev–Trinajstić information content (AvgIpc) is 2.78. The molecule has 1 aliphatic heterocycles. The van der Waals surface area contributed by atoms with E-state index < -0.39 is 0 Å². The third-order valence-corrected chi connectivity index (χ3v) is 5.62. The highest BCUT2D eigenvalue weighted by atomic mass is 16.2. The molecule has 0 radical (unpaired) electrons. The first-order chi connectivity index (χ1) is 14.5. The standard InChI is InChI=1S/C26H26N2O2/c1-18(2)19-10-12-24(13-11-19)27-25(29)21-8-5-9-22(16-21)26(30)28-15-14-20-6-3-4-7-23(20)17-28/h3-13,16,18H,14-15,17H2,1-2H3,(H,27,29). The number of rotatable bonds is 4. The second-order valence-corrected chi connectivity index (χ2v) is 8.06. The van der Waals surface area contributed by atoms with Crippen molar-refractivity contribution in [2.24, 2.45) is 0 Å². The van der Waals surface area contributed by atoms with E-state index in [2.05, 4.69) is 31.3 Å². The van der Waals surface area contributed by atoms with Crippen LogP contribution in [0.4, 0.5) is 5.69 Å². The number of anilines is 1. The van der Waals surface area contributed by atoms with Gasteiger partial charge in [0.05, 0.1) is 0 Å². The van der Waals surface area contributed by atoms with E-state index >= 15 is 0 Å². The number of nitrogens with zero attached hydrogens (tertiary/aromatic N) is 1. The highest BCUT2D eigenvalue weighted by Crippen LogP contribution is 2.21. The van der Waals surface area contributed by atoms with Crippen LogP contribution >= 0.6 is 0 Å². The SMILES string of the molecule is CC(C)c1ccc(NC(=O)c2cccc(C(=O)N3CCc4ccccc4C3)c2)cc1. The molecule has 30 heavy (non-hydrogen) atoms. The second kappa shape index (κ2) is 8.54. The van der Waals surface area contributed by atoms with Crippen molar-refractivity contribution in [1.82, 2.24) is 4.90 Å². The quantitative estimate of drug-likeness (QED) is 0.652. The number of hydrogen-bond donors (Lipinski definition) is 1. The maximum absolute atomic E-state index is 13.0. The molecule has 0 aliphatic carbocycles. The lowest BCUT2D eigenvalue weighted by molar-refractivity contribution is 0.0734. The summed E-state index contributed by atoms with van der Waals surface area (Å²) in [4.78, 5) is 27.6. The summed E-state index contributed by atoms with van der Waals surface area (Å²) in [5.74, 6) is 0.186. The van der Waals surface area contributed by atoms with Gasteiger partial charge in [0, 0.05) is 29.9 Å². The lowest BCUT2D eigenvalue weighted by Crippen LogP contribution is -2.36. The van der Waals surface area contributed by atoms with Gasteiger partial charge in [-0.1, -0.05) is 56.3 Å². The zero-order chi connectivity index (χ0) is 21.1. The Balaban J connectivity index is 1.47. The molecule has 0 fully saturated rings. The molecule has 152 valence electrons. The van der Waals surface area contributed by atoms with E-state index in [1.807, 2.05) is 41.3 Å². The van der Waals surface area contributed by atoms with Gasteiger partial charge in [-0.3, -0.25) is 9.59 Å². The zero-order valence-electron chi connectivity index (χ0n) is 17.4. The summed E-state index contributed by atoms with van der Waals surface area (Å²) >= 11 is 0. The molecule has 0 aromatic heterocycles. The van der Waals surface area contributed by atoms with Crippen LogP contribution in [0.2, 0.25) is 0 Å². The van der Waals surface area contributed by atoms with Crippen molar-refractivity contribution in [3.63, 3.8) is 0 Å². The van der Waals surface area contributed by atoms with Crippen molar-refractivity contribution >= 4 is 17.5 Å². The molecular weight excluding hydrogens is 372 g/mol. The van der Waals surface area contributed by atoms with Gasteiger partial charge in [0.1, 0.15) is 0 Å². The Labute approximate surface area is 177 Å². The predicted octanol–water partition coefficient (Wildman–Crippen LogP) is 5.26. The van der Waals surface area contributed by atoms with Gasteiger partial charge < -0.3 is 10.2 Å². The van der Waals surface area contributed by atoms with Crippen LogP contribution in [0.3, 0.4) is 0 Å². The summed E-state index contributed by atoms with van der Waals surface area (Å²) in [6.07, 6.45) is 0.856. The molecule has 0 bridgehead atoms. The largest absolute Gasteiger partial charge is 0.334 e. The summed E-state index contributed by atoms with van der Waals surface area (Å²) in [7, 11) is 0. The molecule has 0 unspecified atom stereocenters. The molecule has 1 heterocycles. The molecule has 0 saturated carbocycles. The number of carbonyl (C=O) groups is 2. The highest BCUT2D eigenvalue weighted by molar-refractivity contribution is 6.06. The van der Waals surface area contributed by atoms with Gasteiger partial charge >= 0.3 is 0 Å². The van der Waals surface area contributed by atoms with Crippen molar-refractivity contribution in [3.05, 3.63) is 101 Å². The van der Waals surface area contributed by atoms with Crippen LogP contribution in [0.15, 0.2) is 72.8 Å². The molecule has 4 rings (SSSR count). The van der Waals surface area contributed by atoms with Gasteiger partial charge in [-0.15, -0.1) is 0 Å². The molecule has 3 aromatic carbocycles. The molecule has 2 amide bonds. The first-order valence-corrected chi connectivity index (χ1v) is 10.4. The van der Waals surface area contributed by atoms with Crippen LogP contribution in [-0.4, -0.2) is 23.3 Å². The number of benzene rings is 3. The van der Waals surface area contributed by atoms with Gasteiger partial charge in [-0.2, -0.15) is 0 Å². The summed E-state index contributed by atoms with van der Waals surface area (Å²) in [6.45, 7) is 5.57. The summed E-state index contributed by atoms with van der Waals surface area (Å²) in [6, 6.07) is 23.1. The summed E-state index contributed by atoms with van der Waals surface area (Å²) in [5, 5.41) is 2.92. The van der Waals surface area contributed by atoms with Crippen molar-refractivity contribution in [1.29, 1.82) is 0 Å². The molecule has 0 saturated heterocycles. The monoisotopic (exact) mass is 398 g/mol. The van der Waals surface area contributed by atoms with Gasteiger partial charge in [0.15, 0.2) is 0 Å². The fourth-order valence-corrected chi connectivity index (χ4v) is 3.80. The van der Waals surface area contributed by atoms with E-state index in [1.54, 1.807) is 24.3 Å². The Kier molecular flexibility index (Phi) is 5.66. The maximum Gasteiger partial charge on any atom is 0.255 e. The van der Waals surface area contributed by atoms with E-state index in [0.29, 0.717) is 30.1 Å².